The van der Waals surface area contributed by atoms with Crippen molar-refractivity contribution in [1.82, 2.24) is 4.98 Å². The molecule has 0 radical (unpaired) electrons. The molecular formula is C20H22FNO4. The highest BCUT2D eigenvalue weighted by atomic mass is 19.1. The van der Waals surface area contributed by atoms with E-state index in [-0.39, 0.29) is 23.7 Å². The van der Waals surface area contributed by atoms with Crippen molar-refractivity contribution in [2.24, 2.45) is 0 Å². The van der Waals surface area contributed by atoms with Crippen LogP contribution in [0, 0.1) is 12.7 Å². The molecular weight excluding hydrogens is 337 g/mol. The predicted molar refractivity (Wildman–Crippen MR) is 95.8 cm³/mol. The van der Waals surface area contributed by atoms with Gasteiger partial charge in [0, 0.05) is 5.56 Å². The van der Waals surface area contributed by atoms with Crippen LogP contribution in [0.3, 0.4) is 0 Å². The first kappa shape index (κ1) is 19.6. The number of ether oxygens (including phenoxy) is 2. The molecule has 1 aromatic heterocycles. The molecule has 0 fully saturated rings. The molecule has 1 aromatic carbocycles. The zero-order chi connectivity index (χ0) is 19.4. The summed E-state index contributed by atoms with van der Waals surface area (Å²) in [4.78, 5) is 29.5. The molecule has 0 N–H and O–H groups in total. The summed E-state index contributed by atoms with van der Waals surface area (Å²) in [7, 11) is 1.28. The number of rotatable bonds is 5. The zero-order valence-corrected chi connectivity index (χ0v) is 15.6. The molecule has 5 nitrogen and oxygen atoms in total. The molecule has 6 heteroatoms. The summed E-state index contributed by atoms with van der Waals surface area (Å²) in [5.74, 6) is -1.69. The van der Waals surface area contributed by atoms with Crippen molar-refractivity contribution in [3.8, 4) is 11.3 Å². The molecule has 0 atom stereocenters. The van der Waals surface area contributed by atoms with Crippen molar-refractivity contribution in [3.63, 3.8) is 0 Å². The van der Waals surface area contributed by atoms with E-state index in [1.54, 1.807) is 26.0 Å². The van der Waals surface area contributed by atoms with Gasteiger partial charge in [0.25, 0.3) is 0 Å². The van der Waals surface area contributed by atoms with E-state index in [0.29, 0.717) is 22.5 Å². The van der Waals surface area contributed by atoms with Crippen molar-refractivity contribution in [3.05, 3.63) is 52.5 Å². The van der Waals surface area contributed by atoms with Crippen molar-refractivity contribution < 1.29 is 23.5 Å². The van der Waals surface area contributed by atoms with Crippen molar-refractivity contribution >= 4 is 11.9 Å². The molecule has 0 aliphatic heterocycles. The average molecular weight is 359 g/mol. The monoisotopic (exact) mass is 359 g/mol. The first-order chi connectivity index (χ1) is 12.3. The van der Waals surface area contributed by atoms with Gasteiger partial charge in [0.15, 0.2) is 0 Å². The molecule has 0 aliphatic rings. The summed E-state index contributed by atoms with van der Waals surface area (Å²) in [5.41, 5.74) is 2.35. The van der Waals surface area contributed by atoms with Gasteiger partial charge in [0.05, 0.1) is 36.2 Å². The Morgan fingerprint density at radius 2 is 1.73 bits per heavy atom. The van der Waals surface area contributed by atoms with Crippen LogP contribution in [0.4, 0.5) is 4.39 Å². The molecule has 0 aliphatic carbocycles. The van der Waals surface area contributed by atoms with E-state index in [9.17, 15) is 14.0 Å². The van der Waals surface area contributed by atoms with Gasteiger partial charge in [-0.15, -0.1) is 0 Å². The molecule has 2 rings (SSSR count). The zero-order valence-electron chi connectivity index (χ0n) is 15.6. The molecule has 138 valence electrons. The van der Waals surface area contributed by atoms with Gasteiger partial charge in [-0.25, -0.2) is 14.0 Å². The maximum absolute atomic E-state index is 13.3. The van der Waals surface area contributed by atoms with Crippen molar-refractivity contribution in [2.75, 3.05) is 13.7 Å². The third-order valence-corrected chi connectivity index (χ3v) is 3.98. The van der Waals surface area contributed by atoms with Gasteiger partial charge in [-0.1, -0.05) is 13.8 Å². The smallest absolute Gasteiger partial charge is 0.340 e. The summed E-state index contributed by atoms with van der Waals surface area (Å²) in [6.07, 6.45) is 0. The maximum atomic E-state index is 13.3. The number of carbonyl (C=O) groups excluding carboxylic acids is 2. The third-order valence-electron chi connectivity index (χ3n) is 3.98. The van der Waals surface area contributed by atoms with E-state index in [1.807, 2.05) is 13.8 Å². The molecule has 1 heterocycles. The van der Waals surface area contributed by atoms with Gasteiger partial charge in [-0.2, -0.15) is 0 Å². The minimum atomic E-state index is -0.576. The number of aryl methyl sites for hydroxylation is 1. The van der Waals surface area contributed by atoms with Crippen LogP contribution in [-0.4, -0.2) is 30.6 Å². The van der Waals surface area contributed by atoms with Gasteiger partial charge >= 0.3 is 11.9 Å². The molecule has 0 amide bonds. The first-order valence-electron chi connectivity index (χ1n) is 8.37. The molecule has 0 bridgehead atoms. The number of benzene rings is 1. The minimum absolute atomic E-state index is 0.163. The maximum Gasteiger partial charge on any atom is 0.340 e. The number of carbonyl (C=O) groups is 2. The highest BCUT2D eigenvalue weighted by Gasteiger charge is 2.29. The van der Waals surface area contributed by atoms with E-state index in [0.717, 1.165) is 0 Å². The fraction of sp³-hybridized carbons (Fsp3) is 0.350. The van der Waals surface area contributed by atoms with E-state index >= 15 is 0 Å². The SMILES string of the molecule is CCOC(=O)c1c(-c2ccc(F)cc2)nc(C)c(C(=O)OC)c1C(C)C. The average Bonchev–Trinajstić information content (AvgIpc) is 2.60. The second kappa shape index (κ2) is 8.08. The van der Waals surface area contributed by atoms with Crippen LogP contribution in [0.1, 0.15) is 58.7 Å². The number of esters is 2. The van der Waals surface area contributed by atoms with Crippen LogP contribution in [0.5, 0.6) is 0 Å². The second-order valence-corrected chi connectivity index (χ2v) is 6.08. The van der Waals surface area contributed by atoms with E-state index < -0.39 is 17.8 Å². The predicted octanol–water partition coefficient (Wildman–Crippen LogP) is 4.28. The first-order valence-corrected chi connectivity index (χ1v) is 8.37. The number of hydrogen-bond donors (Lipinski definition) is 0. The molecule has 26 heavy (non-hydrogen) atoms. The number of halogens is 1. The summed E-state index contributed by atoms with van der Waals surface area (Å²) in [5, 5.41) is 0. The molecule has 0 saturated carbocycles. The standard InChI is InChI=1S/C20H22FNO4/c1-6-26-20(24)17-15(11(2)3)16(19(23)25-5)12(4)22-18(17)13-7-9-14(21)10-8-13/h7-11H,6H2,1-5H3. The van der Waals surface area contributed by atoms with Crippen LogP contribution < -0.4 is 0 Å². The van der Waals surface area contributed by atoms with Gasteiger partial charge < -0.3 is 9.47 Å². The van der Waals surface area contributed by atoms with Gasteiger partial charge in [-0.05, 0) is 49.6 Å². The molecule has 2 aromatic rings. The van der Waals surface area contributed by atoms with Gasteiger partial charge in [0.2, 0.25) is 0 Å². The van der Waals surface area contributed by atoms with Gasteiger partial charge in [0.1, 0.15) is 5.82 Å². The van der Waals surface area contributed by atoms with Crippen LogP contribution in [0.25, 0.3) is 11.3 Å². The Kier molecular flexibility index (Phi) is 6.08. The normalized spacial score (nSPS) is 10.7. The Hall–Kier alpha value is -2.76. The van der Waals surface area contributed by atoms with Crippen LogP contribution in [0.15, 0.2) is 24.3 Å². The van der Waals surface area contributed by atoms with Gasteiger partial charge in [-0.3, -0.25) is 4.98 Å². The summed E-state index contributed by atoms with van der Waals surface area (Å²) < 4.78 is 23.4. The number of pyridine rings is 1. The minimum Gasteiger partial charge on any atom is -0.465 e. The number of nitrogens with zero attached hydrogens (tertiary/aromatic N) is 1. The Bertz CT molecular complexity index is 829. The second-order valence-electron chi connectivity index (χ2n) is 6.08. The fourth-order valence-electron chi connectivity index (χ4n) is 2.89. The Labute approximate surface area is 152 Å². The van der Waals surface area contributed by atoms with Crippen LogP contribution in [-0.2, 0) is 9.47 Å². The largest absolute Gasteiger partial charge is 0.465 e. The lowest BCUT2D eigenvalue weighted by atomic mass is 9.88. The quantitative estimate of drug-likeness (QED) is 0.746. The summed E-state index contributed by atoms with van der Waals surface area (Å²) in [6.45, 7) is 7.31. The van der Waals surface area contributed by atoms with E-state index in [2.05, 4.69) is 4.98 Å². The van der Waals surface area contributed by atoms with Crippen molar-refractivity contribution in [1.29, 1.82) is 0 Å². The lowest BCUT2D eigenvalue weighted by molar-refractivity contribution is 0.0525. The molecule has 0 unspecified atom stereocenters. The lowest BCUT2D eigenvalue weighted by Gasteiger charge is -2.20. The highest BCUT2D eigenvalue weighted by Crippen LogP contribution is 2.34. The van der Waals surface area contributed by atoms with Crippen LogP contribution >= 0.6 is 0 Å². The summed E-state index contributed by atoms with van der Waals surface area (Å²) >= 11 is 0. The van der Waals surface area contributed by atoms with Crippen molar-refractivity contribution in [2.45, 2.75) is 33.6 Å². The lowest BCUT2D eigenvalue weighted by Crippen LogP contribution is -2.19. The Balaban J connectivity index is 2.89. The van der Waals surface area contributed by atoms with Crippen LogP contribution in [0.2, 0.25) is 0 Å². The molecule has 0 saturated heterocycles. The number of aromatic nitrogens is 1. The molecule has 0 spiro atoms. The highest BCUT2D eigenvalue weighted by molar-refractivity contribution is 6.03. The number of hydrogen-bond acceptors (Lipinski definition) is 5. The fourth-order valence-corrected chi connectivity index (χ4v) is 2.89. The Morgan fingerprint density at radius 3 is 2.23 bits per heavy atom. The number of methoxy groups -OCH3 is 1. The van der Waals surface area contributed by atoms with E-state index in [4.69, 9.17) is 9.47 Å². The third kappa shape index (κ3) is 3.74. The Morgan fingerprint density at radius 1 is 1.12 bits per heavy atom. The summed E-state index contributed by atoms with van der Waals surface area (Å²) in [6, 6.07) is 5.68. The van der Waals surface area contributed by atoms with E-state index in [1.165, 1.54) is 19.2 Å². The topological polar surface area (TPSA) is 65.5 Å².